The molecule has 0 unspecified atom stereocenters. The third-order valence-corrected chi connectivity index (χ3v) is 8.19. The molecule has 3 aromatic carbocycles. The molecule has 1 atom stereocenters. The molecule has 8 heteroatoms. The smallest absolute Gasteiger partial charge is 0.261 e. The van der Waals surface area contributed by atoms with Gasteiger partial charge in [-0.15, -0.1) is 0 Å². The van der Waals surface area contributed by atoms with Crippen LogP contribution in [0.5, 0.6) is 0 Å². The van der Waals surface area contributed by atoms with E-state index >= 15 is 0 Å². The SMILES string of the molecule is O=C1c2ccccc2C(=O)N1C[C@H]1c2ccccc2CCN1S(=O)(=O)c1ccc(Cl)cc1. The highest BCUT2D eigenvalue weighted by Gasteiger charge is 2.42. The molecule has 2 amide bonds. The summed E-state index contributed by atoms with van der Waals surface area (Å²) in [6.45, 7) is 0.186. The highest BCUT2D eigenvalue weighted by atomic mass is 35.5. The Bertz CT molecular complexity index is 1300. The third-order valence-electron chi connectivity index (χ3n) is 6.02. The van der Waals surface area contributed by atoms with E-state index in [1.807, 2.05) is 24.3 Å². The Morgan fingerprint density at radius 2 is 1.44 bits per heavy atom. The molecule has 6 nitrogen and oxygen atoms in total. The first-order chi connectivity index (χ1) is 15.4. The molecule has 0 N–H and O–H groups in total. The number of nitrogens with zero attached hydrogens (tertiary/aromatic N) is 2. The van der Waals surface area contributed by atoms with E-state index < -0.39 is 27.9 Å². The van der Waals surface area contributed by atoms with E-state index in [1.165, 1.54) is 28.6 Å². The molecule has 0 aromatic heterocycles. The van der Waals surface area contributed by atoms with Gasteiger partial charge in [-0.2, -0.15) is 4.31 Å². The van der Waals surface area contributed by atoms with Crippen LogP contribution in [0.1, 0.15) is 37.9 Å². The van der Waals surface area contributed by atoms with Gasteiger partial charge in [0.05, 0.1) is 28.6 Å². The minimum atomic E-state index is -3.89. The predicted molar refractivity (Wildman–Crippen MR) is 120 cm³/mol. The number of carbonyl (C=O) groups excluding carboxylic acids is 2. The van der Waals surface area contributed by atoms with Gasteiger partial charge in [-0.3, -0.25) is 14.5 Å². The fraction of sp³-hybridized carbons (Fsp3) is 0.167. The maximum Gasteiger partial charge on any atom is 0.261 e. The van der Waals surface area contributed by atoms with Crippen molar-refractivity contribution in [2.45, 2.75) is 17.4 Å². The second-order valence-corrected chi connectivity index (χ2v) is 10.1. The average Bonchev–Trinajstić information content (AvgIpc) is 3.04. The zero-order valence-corrected chi connectivity index (χ0v) is 18.5. The summed E-state index contributed by atoms with van der Waals surface area (Å²) in [5.74, 6) is -0.810. The van der Waals surface area contributed by atoms with Crippen molar-refractivity contribution in [2.24, 2.45) is 0 Å². The van der Waals surface area contributed by atoms with Crippen molar-refractivity contribution in [3.8, 4) is 0 Å². The monoisotopic (exact) mass is 466 g/mol. The predicted octanol–water partition coefficient (Wildman–Crippen LogP) is 3.92. The third kappa shape index (κ3) is 3.33. The molecular formula is C24H19ClN2O4S. The molecule has 0 aliphatic carbocycles. The Hall–Kier alpha value is -3.00. The first-order valence-corrected chi connectivity index (χ1v) is 12.0. The quantitative estimate of drug-likeness (QED) is 0.546. The summed E-state index contributed by atoms with van der Waals surface area (Å²) in [7, 11) is -3.89. The number of hydrogen-bond donors (Lipinski definition) is 0. The Kier molecular flexibility index (Phi) is 5.12. The molecule has 5 rings (SSSR count). The lowest BCUT2D eigenvalue weighted by Gasteiger charge is -2.37. The molecule has 0 spiro atoms. The second-order valence-electron chi connectivity index (χ2n) is 7.80. The average molecular weight is 467 g/mol. The van der Waals surface area contributed by atoms with E-state index in [2.05, 4.69) is 0 Å². The number of fused-ring (bicyclic) bond motifs is 2. The molecule has 0 saturated heterocycles. The molecule has 3 aromatic rings. The number of halogens is 1. The van der Waals surface area contributed by atoms with Gasteiger partial charge in [0, 0.05) is 11.6 Å². The highest BCUT2D eigenvalue weighted by Crippen LogP contribution is 2.36. The van der Waals surface area contributed by atoms with Crippen LogP contribution in [0, 0.1) is 0 Å². The normalized spacial score (nSPS) is 18.5. The highest BCUT2D eigenvalue weighted by molar-refractivity contribution is 7.89. The van der Waals surface area contributed by atoms with Crippen molar-refractivity contribution in [3.05, 3.63) is 100 Å². The molecule has 2 aliphatic heterocycles. The van der Waals surface area contributed by atoms with Crippen molar-refractivity contribution in [1.29, 1.82) is 0 Å². The Morgan fingerprint density at radius 3 is 2.09 bits per heavy atom. The van der Waals surface area contributed by atoms with Crippen LogP contribution in [-0.4, -0.2) is 42.5 Å². The minimum Gasteiger partial charge on any atom is -0.272 e. The van der Waals surface area contributed by atoms with Gasteiger partial charge in [0.2, 0.25) is 10.0 Å². The van der Waals surface area contributed by atoms with E-state index in [4.69, 9.17) is 11.6 Å². The van der Waals surface area contributed by atoms with Crippen molar-refractivity contribution in [2.75, 3.05) is 13.1 Å². The summed E-state index contributed by atoms with van der Waals surface area (Å²) in [5.41, 5.74) is 2.49. The van der Waals surface area contributed by atoms with E-state index in [-0.39, 0.29) is 18.0 Å². The van der Waals surface area contributed by atoms with Crippen LogP contribution < -0.4 is 0 Å². The standard InChI is InChI=1S/C24H19ClN2O4S/c25-17-9-11-18(12-10-17)32(30,31)27-14-13-16-5-1-2-6-19(16)22(27)15-26-23(28)20-7-3-4-8-21(20)24(26)29/h1-12,22H,13-15H2/t22-/m0/s1. The summed E-state index contributed by atoms with van der Waals surface area (Å²) in [6, 6.07) is 19.5. The second kappa shape index (κ2) is 7.85. The van der Waals surface area contributed by atoms with Crippen molar-refractivity contribution >= 4 is 33.4 Å². The summed E-state index contributed by atoms with van der Waals surface area (Å²) in [6.07, 6.45) is 0.543. The largest absolute Gasteiger partial charge is 0.272 e. The maximum atomic E-state index is 13.6. The van der Waals surface area contributed by atoms with Crippen LogP contribution in [0.4, 0.5) is 0 Å². The topological polar surface area (TPSA) is 74.8 Å². The molecule has 0 bridgehead atoms. The van der Waals surface area contributed by atoms with Gasteiger partial charge >= 0.3 is 0 Å². The fourth-order valence-electron chi connectivity index (χ4n) is 4.43. The zero-order chi connectivity index (χ0) is 22.5. The van der Waals surface area contributed by atoms with E-state index in [0.29, 0.717) is 22.6 Å². The van der Waals surface area contributed by atoms with E-state index in [9.17, 15) is 18.0 Å². The Labute approximate surface area is 191 Å². The van der Waals surface area contributed by atoms with Gasteiger partial charge in [-0.25, -0.2) is 8.42 Å². The van der Waals surface area contributed by atoms with Crippen LogP contribution in [0.25, 0.3) is 0 Å². The van der Waals surface area contributed by atoms with Crippen LogP contribution >= 0.6 is 11.6 Å². The van der Waals surface area contributed by atoms with Gasteiger partial charge in [0.1, 0.15) is 0 Å². The number of amides is 2. The molecule has 32 heavy (non-hydrogen) atoms. The number of imide groups is 1. The summed E-state index contributed by atoms with van der Waals surface area (Å²) in [5, 5.41) is 0.440. The van der Waals surface area contributed by atoms with Gasteiger partial charge in [0.25, 0.3) is 11.8 Å². The van der Waals surface area contributed by atoms with Gasteiger partial charge < -0.3 is 0 Å². The van der Waals surface area contributed by atoms with Crippen molar-refractivity contribution < 1.29 is 18.0 Å². The van der Waals surface area contributed by atoms with E-state index in [1.54, 1.807) is 24.3 Å². The molecule has 0 fully saturated rings. The lowest BCUT2D eigenvalue weighted by molar-refractivity contribution is 0.0616. The molecule has 0 saturated carbocycles. The molecule has 0 radical (unpaired) electrons. The van der Waals surface area contributed by atoms with Crippen molar-refractivity contribution in [1.82, 2.24) is 9.21 Å². The maximum absolute atomic E-state index is 13.6. The summed E-state index contributed by atoms with van der Waals surface area (Å²) in [4.78, 5) is 27.2. The summed E-state index contributed by atoms with van der Waals surface area (Å²) < 4.78 is 28.5. The molecule has 162 valence electrons. The van der Waals surface area contributed by atoms with Crippen LogP contribution in [-0.2, 0) is 16.4 Å². The number of rotatable bonds is 4. The number of benzene rings is 3. The van der Waals surface area contributed by atoms with E-state index in [0.717, 1.165) is 16.0 Å². The number of carbonyl (C=O) groups is 2. The molecular weight excluding hydrogens is 448 g/mol. The fourth-order valence-corrected chi connectivity index (χ4v) is 6.15. The number of hydrogen-bond acceptors (Lipinski definition) is 4. The van der Waals surface area contributed by atoms with Crippen LogP contribution in [0.2, 0.25) is 5.02 Å². The van der Waals surface area contributed by atoms with Crippen molar-refractivity contribution in [3.63, 3.8) is 0 Å². The Balaban J connectivity index is 1.56. The molecule has 2 aliphatic rings. The number of sulfonamides is 1. The molecule has 2 heterocycles. The van der Waals surface area contributed by atoms with Crippen LogP contribution in [0.15, 0.2) is 77.7 Å². The lowest BCUT2D eigenvalue weighted by atomic mass is 9.94. The van der Waals surface area contributed by atoms with Gasteiger partial charge in [0.15, 0.2) is 0 Å². The first kappa shape index (κ1) is 20.9. The van der Waals surface area contributed by atoms with Gasteiger partial charge in [-0.05, 0) is 53.9 Å². The first-order valence-electron chi connectivity index (χ1n) is 10.2. The minimum absolute atomic E-state index is 0.0593. The summed E-state index contributed by atoms with van der Waals surface area (Å²) >= 11 is 5.94. The van der Waals surface area contributed by atoms with Crippen LogP contribution in [0.3, 0.4) is 0 Å². The lowest BCUT2D eigenvalue weighted by Crippen LogP contribution is -2.46. The Morgan fingerprint density at radius 1 is 0.844 bits per heavy atom. The van der Waals surface area contributed by atoms with Gasteiger partial charge in [-0.1, -0.05) is 48.0 Å². The zero-order valence-electron chi connectivity index (χ0n) is 16.9.